The van der Waals surface area contributed by atoms with Crippen molar-refractivity contribution < 1.29 is 13.2 Å². The van der Waals surface area contributed by atoms with Gasteiger partial charge in [0, 0.05) is 6.04 Å². The second-order valence-electron chi connectivity index (χ2n) is 7.80. The molecule has 0 radical (unpaired) electrons. The fourth-order valence-corrected chi connectivity index (χ4v) is 3.24. The van der Waals surface area contributed by atoms with Crippen molar-refractivity contribution in [2.24, 2.45) is 0 Å². The zero-order chi connectivity index (χ0) is 22.2. The largest absolute Gasteiger partial charge is 0.411 e. The molecule has 0 aliphatic heterocycles. The van der Waals surface area contributed by atoms with Crippen LogP contribution in [0, 0.1) is 0 Å². The van der Waals surface area contributed by atoms with Gasteiger partial charge in [0.15, 0.2) is 5.82 Å². The molecular formula is C20H23F3N8. The van der Waals surface area contributed by atoms with Gasteiger partial charge in [-0.2, -0.15) is 23.3 Å². The molecule has 1 atom stereocenters. The SMILES string of the molecule is C/C=C(\C)c1ccc2nc(NC(C)Cn3cncn3)nc(NC3(C(F)(F)F)CC3)c2n1. The number of hydrogen-bond donors (Lipinski definition) is 2. The standard InChI is InChI=1S/C20H23F3N8/c1-4-12(2)14-5-6-15-16(27-14)17(30-19(7-8-19)20(21,22)23)29-18(28-15)26-13(3)9-31-11-24-10-25-31/h4-6,10-11,13H,7-9H2,1-3H3,(H2,26,28,29,30)/b12-4+. The van der Waals surface area contributed by atoms with Gasteiger partial charge in [-0.15, -0.1) is 0 Å². The van der Waals surface area contributed by atoms with Crippen LogP contribution in [-0.2, 0) is 6.54 Å². The Morgan fingerprint density at radius 3 is 2.65 bits per heavy atom. The first-order chi connectivity index (χ1) is 14.7. The highest BCUT2D eigenvalue weighted by molar-refractivity contribution is 5.88. The average molecular weight is 432 g/mol. The van der Waals surface area contributed by atoms with Gasteiger partial charge < -0.3 is 10.6 Å². The molecule has 1 saturated carbocycles. The average Bonchev–Trinajstić information content (AvgIpc) is 3.34. The first kappa shape index (κ1) is 21.0. The maximum atomic E-state index is 13.6. The summed E-state index contributed by atoms with van der Waals surface area (Å²) in [5.41, 5.74) is 0.375. The van der Waals surface area contributed by atoms with E-state index in [1.54, 1.807) is 23.1 Å². The number of hydrogen-bond acceptors (Lipinski definition) is 7. The quantitative estimate of drug-likeness (QED) is 0.582. The van der Waals surface area contributed by atoms with E-state index in [1.807, 2.05) is 26.8 Å². The molecule has 0 spiro atoms. The summed E-state index contributed by atoms with van der Waals surface area (Å²) in [6.45, 7) is 6.16. The number of alkyl halides is 3. The summed E-state index contributed by atoms with van der Waals surface area (Å²) in [7, 11) is 0. The van der Waals surface area contributed by atoms with E-state index in [-0.39, 0.29) is 30.6 Å². The molecule has 1 aliphatic carbocycles. The van der Waals surface area contributed by atoms with E-state index in [0.29, 0.717) is 23.3 Å². The van der Waals surface area contributed by atoms with E-state index < -0.39 is 11.7 Å². The van der Waals surface area contributed by atoms with E-state index in [1.165, 1.54) is 6.33 Å². The van der Waals surface area contributed by atoms with Crippen LogP contribution in [0.15, 0.2) is 30.9 Å². The topological polar surface area (TPSA) is 93.4 Å². The van der Waals surface area contributed by atoms with Crippen LogP contribution in [0.1, 0.15) is 39.3 Å². The van der Waals surface area contributed by atoms with Crippen molar-refractivity contribution in [2.75, 3.05) is 10.6 Å². The minimum Gasteiger partial charge on any atom is -0.354 e. The zero-order valence-electron chi connectivity index (χ0n) is 17.4. The van der Waals surface area contributed by atoms with Crippen LogP contribution in [0.2, 0.25) is 0 Å². The molecule has 3 heterocycles. The van der Waals surface area contributed by atoms with E-state index in [4.69, 9.17) is 0 Å². The number of halogens is 3. The van der Waals surface area contributed by atoms with Gasteiger partial charge in [0.1, 0.15) is 23.7 Å². The highest BCUT2D eigenvalue weighted by Gasteiger charge is 2.64. The molecule has 1 fully saturated rings. The third-order valence-corrected chi connectivity index (χ3v) is 5.33. The van der Waals surface area contributed by atoms with Crippen molar-refractivity contribution >= 4 is 28.4 Å². The minimum atomic E-state index is -4.38. The second kappa shape index (κ2) is 7.78. The molecule has 2 N–H and O–H groups in total. The Balaban J connectivity index is 1.71. The van der Waals surface area contributed by atoms with E-state index >= 15 is 0 Å². The van der Waals surface area contributed by atoms with Crippen molar-refractivity contribution in [3.63, 3.8) is 0 Å². The van der Waals surface area contributed by atoms with Crippen molar-refractivity contribution in [3.8, 4) is 0 Å². The summed E-state index contributed by atoms with van der Waals surface area (Å²) in [6, 6.07) is 3.41. The third kappa shape index (κ3) is 4.30. The van der Waals surface area contributed by atoms with Crippen LogP contribution < -0.4 is 10.6 Å². The fourth-order valence-electron chi connectivity index (χ4n) is 3.24. The summed E-state index contributed by atoms with van der Waals surface area (Å²) < 4.78 is 42.4. The smallest absolute Gasteiger partial charge is 0.354 e. The zero-order valence-corrected chi connectivity index (χ0v) is 17.4. The Morgan fingerprint density at radius 2 is 2.03 bits per heavy atom. The molecule has 8 nitrogen and oxygen atoms in total. The van der Waals surface area contributed by atoms with Gasteiger partial charge in [-0.3, -0.25) is 4.68 Å². The maximum Gasteiger partial charge on any atom is 0.411 e. The molecule has 164 valence electrons. The Labute approximate surface area is 177 Å². The molecule has 0 aromatic carbocycles. The summed E-state index contributed by atoms with van der Waals surface area (Å²) in [5.74, 6) is 0.291. The number of nitrogens with zero attached hydrogens (tertiary/aromatic N) is 6. The lowest BCUT2D eigenvalue weighted by Gasteiger charge is -2.22. The molecule has 0 amide bonds. The predicted octanol–water partition coefficient (Wildman–Crippen LogP) is 4.05. The van der Waals surface area contributed by atoms with E-state index in [9.17, 15) is 13.2 Å². The highest BCUT2D eigenvalue weighted by Crippen LogP contribution is 2.51. The number of allylic oxidation sites excluding steroid dienone is 2. The van der Waals surface area contributed by atoms with Crippen LogP contribution in [0.4, 0.5) is 24.9 Å². The van der Waals surface area contributed by atoms with Crippen molar-refractivity contribution in [1.82, 2.24) is 29.7 Å². The molecule has 3 aromatic heterocycles. The number of fused-ring (bicyclic) bond motifs is 1. The molecule has 3 aromatic rings. The molecule has 4 rings (SSSR count). The first-order valence-electron chi connectivity index (χ1n) is 9.97. The Hall–Kier alpha value is -3.24. The van der Waals surface area contributed by atoms with Crippen LogP contribution in [0.5, 0.6) is 0 Å². The van der Waals surface area contributed by atoms with Gasteiger partial charge in [-0.1, -0.05) is 6.08 Å². The predicted molar refractivity (Wildman–Crippen MR) is 111 cm³/mol. The Kier molecular flexibility index (Phi) is 5.28. The van der Waals surface area contributed by atoms with Gasteiger partial charge in [-0.05, 0) is 51.3 Å². The van der Waals surface area contributed by atoms with Gasteiger partial charge in [0.05, 0.1) is 17.8 Å². The highest BCUT2D eigenvalue weighted by atomic mass is 19.4. The van der Waals surface area contributed by atoms with Crippen molar-refractivity contribution in [2.45, 2.75) is 57.9 Å². The maximum absolute atomic E-state index is 13.6. The number of anilines is 2. The van der Waals surface area contributed by atoms with Gasteiger partial charge in [0.2, 0.25) is 5.95 Å². The Bertz CT molecular complexity index is 1100. The van der Waals surface area contributed by atoms with Gasteiger partial charge in [-0.25, -0.2) is 15.0 Å². The fraction of sp³-hybridized carbons (Fsp3) is 0.450. The molecular weight excluding hydrogens is 409 g/mol. The lowest BCUT2D eigenvalue weighted by atomic mass is 10.1. The van der Waals surface area contributed by atoms with Crippen LogP contribution in [-0.4, -0.2) is 47.5 Å². The van der Waals surface area contributed by atoms with Crippen LogP contribution in [0.25, 0.3) is 16.6 Å². The third-order valence-electron chi connectivity index (χ3n) is 5.33. The number of nitrogens with one attached hydrogen (secondary N) is 2. The van der Waals surface area contributed by atoms with Crippen LogP contribution in [0.3, 0.4) is 0 Å². The molecule has 1 aliphatic rings. The number of rotatable bonds is 7. The van der Waals surface area contributed by atoms with Crippen molar-refractivity contribution in [1.29, 1.82) is 0 Å². The summed E-state index contributed by atoms with van der Waals surface area (Å²) >= 11 is 0. The molecule has 0 bridgehead atoms. The molecule has 11 heteroatoms. The number of aromatic nitrogens is 6. The first-order valence-corrected chi connectivity index (χ1v) is 9.97. The monoisotopic (exact) mass is 432 g/mol. The Morgan fingerprint density at radius 1 is 1.26 bits per heavy atom. The summed E-state index contributed by atoms with van der Waals surface area (Å²) in [4.78, 5) is 17.3. The van der Waals surface area contributed by atoms with Crippen LogP contribution >= 0.6 is 0 Å². The molecule has 1 unspecified atom stereocenters. The molecule has 31 heavy (non-hydrogen) atoms. The summed E-state index contributed by atoms with van der Waals surface area (Å²) in [6.07, 6.45) is 0.532. The van der Waals surface area contributed by atoms with E-state index in [2.05, 4.69) is 35.7 Å². The normalized spacial score (nSPS) is 16.9. The van der Waals surface area contributed by atoms with Gasteiger partial charge >= 0.3 is 6.18 Å². The number of pyridine rings is 1. The summed E-state index contributed by atoms with van der Waals surface area (Å²) in [5, 5.41) is 9.82. The van der Waals surface area contributed by atoms with E-state index in [0.717, 1.165) is 5.57 Å². The van der Waals surface area contributed by atoms with Crippen molar-refractivity contribution in [3.05, 3.63) is 36.6 Å². The molecule has 0 saturated heterocycles. The lowest BCUT2D eigenvalue weighted by molar-refractivity contribution is -0.151. The minimum absolute atomic E-state index is 0.00103. The van der Waals surface area contributed by atoms with Gasteiger partial charge in [0.25, 0.3) is 0 Å². The second-order valence-corrected chi connectivity index (χ2v) is 7.80. The lowest BCUT2D eigenvalue weighted by Crippen LogP contribution is -2.39.